The molecule has 1 fully saturated rings. The highest BCUT2D eigenvalue weighted by Crippen LogP contribution is 2.41. The van der Waals surface area contributed by atoms with Gasteiger partial charge in [-0.1, -0.05) is 18.5 Å². The van der Waals surface area contributed by atoms with Crippen LogP contribution < -0.4 is 10.6 Å². The third-order valence-corrected chi connectivity index (χ3v) is 4.53. The Morgan fingerprint density at radius 2 is 2.00 bits per heavy atom. The Hall–Kier alpha value is -1.29. The fourth-order valence-corrected chi connectivity index (χ4v) is 3.08. The van der Waals surface area contributed by atoms with Gasteiger partial charge in [-0.3, -0.25) is 4.79 Å². The summed E-state index contributed by atoms with van der Waals surface area (Å²) in [5.41, 5.74) is 0.594. The second-order valence-electron chi connectivity index (χ2n) is 5.66. The van der Waals surface area contributed by atoms with Crippen LogP contribution in [0.15, 0.2) is 12.1 Å². The van der Waals surface area contributed by atoms with Gasteiger partial charge < -0.3 is 10.6 Å². The van der Waals surface area contributed by atoms with Crippen molar-refractivity contribution in [2.75, 3.05) is 10.6 Å². The summed E-state index contributed by atoms with van der Waals surface area (Å²) in [4.78, 5) is 12.3. The van der Waals surface area contributed by atoms with E-state index in [9.17, 15) is 9.18 Å². The van der Waals surface area contributed by atoms with Gasteiger partial charge >= 0.3 is 0 Å². The molecule has 0 atom stereocenters. The summed E-state index contributed by atoms with van der Waals surface area (Å²) in [5.74, 6) is 0.140. The van der Waals surface area contributed by atoms with Crippen molar-refractivity contribution in [1.82, 2.24) is 0 Å². The van der Waals surface area contributed by atoms with Crippen LogP contribution in [0.5, 0.6) is 0 Å². The highest BCUT2D eigenvalue weighted by atomic mass is 35.5. The van der Waals surface area contributed by atoms with Crippen LogP contribution in [0.1, 0.15) is 32.6 Å². The molecule has 1 spiro atoms. The molecule has 19 heavy (non-hydrogen) atoms. The van der Waals surface area contributed by atoms with E-state index < -0.39 is 11.4 Å². The molecule has 1 heterocycles. The molecular weight excluding hydrogens is 267 g/mol. The number of rotatable bonds is 0. The standard InChI is InChI=1S/C14H16ClFN2O/c1-8-2-4-14(5-3-8)13(19)17-11-6-9(15)10(16)7-12(11)18-14/h6-8,18H,2-5H2,1H3,(H,17,19). The van der Waals surface area contributed by atoms with Crippen LogP contribution in [-0.4, -0.2) is 11.4 Å². The van der Waals surface area contributed by atoms with Crippen LogP contribution in [0, 0.1) is 11.7 Å². The molecule has 2 N–H and O–H groups in total. The van der Waals surface area contributed by atoms with Crippen molar-refractivity contribution in [2.24, 2.45) is 5.92 Å². The zero-order chi connectivity index (χ0) is 13.6. The van der Waals surface area contributed by atoms with Crippen LogP contribution in [-0.2, 0) is 4.79 Å². The highest BCUT2D eigenvalue weighted by Gasteiger charge is 2.44. The summed E-state index contributed by atoms with van der Waals surface area (Å²) in [5, 5.41) is 6.11. The minimum absolute atomic E-state index is 0.0223. The van der Waals surface area contributed by atoms with Crippen molar-refractivity contribution in [3.8, 4) is 0 Å². The summed E-state index contributed by atoms with van der Waals surface area (Å²) >= 11 is 5.74. The molecule has 0 saturated heterocycles. The van der Waals surface area contributed by atoms with Gasteiger partial charge in [0.1, 0.15) is 11.4 Å². The lowest BCUT2D eigenvalue weighted by Gasteiger charge is -2.42. The molecular formula is C14H16ClFN2O. The van der Waals surface area contributed by atoms with Gasteiger partial charge in [-0.25, -0.2) is 4.39 Å². The number of nitrogens with one attached hydrogen (secondary N) is 2. The zero-order valence-corrected chi connectivity index (χ0v) is 11.5. The first-order valence-electron chi connectivity index (χ1n) is 6.59. The minimum Gasteiger partial charge on any atom is -0.369 e. The van der Waals surface area contributed by atoms with Gasteiger partial charge in [0.2, 0.25) is 5.91 Å². The van der Waals surface area contributed by atoms with Crippen LogP contribution in [0.3, 0.4) is 0 Å². The summed E-state index contributed by atoms with van der Waals surface area (Å²) in [6.45, 7) is 2.20. The van der Waals surface area contributed by atoms with E-state index in [0.717, 1.165) is 25.7 Å². The Balaban J connectivity index is 1.95. The van der Waals surface area contributed by atoms with Crippen molar-refractivity contribution in [3.63, 3.8) is 0 Å². The average molecular weight is 283 g/mol. The normalized spacial score (nSPS) is 29.6. The van der Waals surface area contributed by atoms with Gasteiger partial charge in [0.15, 0.2) is 0 Å². The van der Waals surface area contributed by atoms with Crippen molar-refractivity contribution < 1.29 is 9.18 Å². The molecule has 0 bridgehead atoms. The van der Waals surface area contributed by atoms with E-state index in [2.05, 4.69) is 17.6 Å². The van der Waals surface area contributed by atoms with E-state index >= 15 is 0 Å². The van der Waals surface area contributed by atoms with Crippen LogP contribution in [0.4, 0.5) is 15.8 Å². The molecule has 1 aromatic carbocycles. The van der Waals surface area contributed by atoms with E-state index in [-0.39, 0.29) is 10.9 Å². The van der Waals surface area contributed by atoms with Gasteiger partial charge in [0.05, 0.1) is 16.4 Å². The van der Waals surface area contributed by atoms with Gasteiger partial charge in [0, 0.05) is 6.07 Å². The maximum Gasteiger partial charge on any atom is 0.250 e. The average Bonchev–Trinajstić information content (AvgIpc) is 2.37. The van der Waals surface area contributed by atoms with Crippen molar-refractivity contribution in [2.45, 2.75) is 38.1 Å². The molecule has 0 unspecified atom stereocenters. The Labute approximate surface area is 116 Å². The van der Waals surface area contributed by atoms with Crippen molar-refractivity contribution >= 4 is 28.9 Å². The molecule has 1 amide bonds. The van der Waals surface area contributed by atoms with Crippen LogP contribution >= 0.6 is 11.6 Å². The van der Waals surface area contributed by atoms with E-state index in [0.29, 0.717) is 17.3 Å². The molecule has 1 aliphatic carbocycles. The third kappa shape index (κ3) is 2.08. The molecule has 1 saturated carbocycles. The first kappa shape index (κ1) is 12.7. The lowest BCUT2D eigenvalue weighted by atomic mass is 9.75. The number of anilines is 2. The topological polar surface area (TPSA) is 41.1 Å². The van der Waals surface area contributed by atoms with E-state index in [1.54, 1.807) is 0 Å². The summed E-state index contributed by atoms with van der Waals surface area (Å²) < 4.78 is 13.5. The molecule has 5 heteroatoms. The molecule has 2 aliphatic rings. The van der Waals surface area contributed by atoms with Crippen LogP contribution in [0.25, 0.3) is 0 Å². The van der Waals surface area contributed by atoms with Crippen molar-refractivity contribution in [1.29, 1.82) is 0 Å². The zero-order valence-electron chi connectivity index (χ0n) is 10.7. The fraction of sp³-hybridized carbons (Fsp3) is 0.500. The second-order valence-corrected chi connectivity index (χ2v) is 6.06. The number of benzene rings is 1. The lowest BCUT2D eigenvalue weighted by Crippen LogP contribution is -2.54. The second kappa shape index (κ2) is 4.37. The summed E-state index contributed by atoms with van der Waals surface area (Å²) in [6.07, 6.45) is 3.57. The first-order valence-corrected chi connectivity index (χ1v) is 6.97. The Morgan fingerprint density at radius 3 is 2.68 bits per heavy atom. The number of carbonyl (C=O) groups excluding carboxylic acids is 1. The maximum absolute atomic E-state index is 13.5. The number of carbonyl (C=O) groups is 1. The minimum atomic E-state index is -0.584. The van der Waals surface area contributed by atoms with Crippen molar-refractivity contribution in [3.05, 3.63) is 23.0 Å². The van der Waals surface area contributed by atoms with Gasteiger partial charge in [-0.05, 0) is 37.7 Å². The number of hydrogen-bond donors (Lipinski definition) is 2. The number of halogens is 2. The molecule has 0 radical (unpaired) electrons. The SMILES string of the molecule is CC1CCC2(CC1)Nc1cc(F)c(Cl)cc1NC2=O. The highest BCUT2D eigenvalue weighted by molar-refractivity contribution is 6.31. The molecule has 102 valence electrons. The number of fused-ring (bicyclic) bond motifs is 1. The third-order valence-electron chi connectivity index (χ3n) is 4.25. The largest absolute Gasteiger partial charge is 0.369 e. The lowest BCUT2D eigenvalue weighted by molar-refractivity contribution is -0.121. The summed E-state index contributed by atoms with van der Waals surface area (Å²) in [7, 11) is 0. The van der Waals surface area contributed by atoms with E-state index in [1.807, 2.05) is 0 Å². The monoisotopic (exact) mass is 282 g/mol. The number of hydrogen-bond acceptors (Lipinski definition) is 2. The quantitative estimate of drug-likeness (QED) is 0.760. The predicted octanol–water partition coefficient (Wildman–Crippen LogP) is 3.79. The van der Waals surface area contributed by atoms with E-state index in [4.69, 9.17) is 11.6 Å². The van der Waals surface area contributed by atoms with Gasteiger partial charge in [-0.15, -0.1) is 0 Å². The van der Waals surface area contributed by atoms with E-state index in [1.165, 1.54) is 12.1 Å². The smallest absolute Gasteiger partial charge is 0.250 e. The molecule has 3 rings (SSSR count). The Bertz CT molecular complexity index is 538. The fourth-order valence-electron chi connectivity index (χ4n) is 2.92. The maximum atomic E-state index is 13.5. The summed E-state index contributed by atoms with van der Waals surface area (Å²) in [6, 6.07) is 2.81. The van der Waals surface area contributed by atoms with Crippen LogP contribution in [0.2, 0.25) is 5.02 Å². The number of amides is 1. The van der Waals surface area contributed by atoms with Gasteiger partial charge in [0.25, 0.3) is 0 Å². The first-order chi connectivity index (χ1) is 9.00. The molecule has 3 nitrogen and oxygen atoms in total. The Morgan fingerprint density at radius 1 is 1.32 bits per heavy atom. The predicted molar refractivity (Wildman–Crippen MR) is 74.0 cm³/mol. The molecule has 1 aliphatic heterocycles. The molecule has 0 aromatic heterocycles. The Kier molecular flexibility index (Phi) is 2.93. The molecule has 1 aromatic rings. The van der Waals surface area contributed by atoms with Gasteiger partial charge in [-0.2, -0.15) is 0 Å².